The zero-order chi connectivity index (χ0) is 12.8. The minimum atomic E-state index is -0.584. The van der Waals surface area contributed by atoms with Crippen molar-refractivity contribution >= 4 is 17.7 Å². The van der Waals surface area contributed by atoms with Gasteiger partial charge in [-0.1, -0.05) is 13.8 Å². The molecule has 0 aromatic heterocycles. The minimum Gasteiger partial charge on any atom is -0.465 e. The first kappa shape index (κ1) is 15.8. The van der Waals surface area contributed by atoms with E-state index in [1.54, 1.807) is 11.8 Å². The lowest BCUT2D eigenvalue weighted by molar-refractivity contribution is -0.149. The maximum Gasteiger partial charge on any atom is 0.326 e. The van der Waals surface area contributed by atoms with Gasteiger partial charge in [0.05, 0.1) is 6.61 Å². The Morgan fingerprint density at radius 3 is 2.31 bits per heavy atom. The molecule has 1 unspecified atom stereocenters. The maximum absolute atomic E-state index is 11.9. The average Bonchev–Trinajstić information content (AvgIpc) is 2.14. The van der Waals surface area contributed by atoms with Gasteiger partial charge >= 0.3 is 5.97 Å². The summed E-state index contributed by atoms with van der Waals surface area (Å²) in [7, 11) is 0. The Labute approximate surface area is 104 Å². The van der Waals surface area contributed by atoms with Gasteiger partial charge in [0.1, 0.15) is 5.54 Å². The lowest BCUT2D eigenvalue weighted by Crippen LogP contribution is -2.55. The Kier molecular flexibility index (Phi) is 7.07. The second-order valence-electron chi connectivity index (χ2n) is 4.71. The van der Waals surface area contributed by atoms with Crippen molar-refractivity contribution in [3.05, 3.63) is 0 Å². The van der Waals surface area contributed by atoms with Gasteiger partial charge in [-0.15, -0.1) is 0 Å². The van der Waals surface area contributed by atoms with Crippen molar-refractivity contribution in [1.82, 2.24) is 5.32 Å². The third-order valence-electron chi connectivity index (χ3n) is 2.04. The topological polar surface area (TPSA) is 38.3 Å². The van der Waals surface area contributed by atoms with Crippen LogP contribution in [0.5, 0.6) is 0 Å². The Hall–Kier alpha value is -0.220. The SMILES string of the molecule is CCOC(=O)C(C)(CSC(C)C)NC(C)C. The van der Waals surface area contributed by atoms with Crippen molar-refractivity contribution in [2.45, 2.75) is 58.4 Å². The van der Waals surface area contributed by atoms with Crippen LogP contribution in [-0.2, 0) is 9.53 Å². The van der Waals surface area contributed by atoms with E-state index in [1.807, 2.05) is 27.7 Å². The molecular weight excluding hydrogens is 222 g/mol. The van der Waals surface area contributed by atoms with Gasteiger partial charge in [0.2, 0.25) is 0 Å². The molecule has 0 aliphatic carbocycles. The summed E-state index contributed by atoms with van der Waals surface area (Å²) >= 11 is 1.77. The van der Waals surface area contributed by atoms with E-state index in [0.29, 0.717) is 11.9 Å². The molecule has 0 spiro atoms. The fraction of sp³-hybridized carbons (Fsp3) is 0.917. The van der Waals surface area contributed by atoms with Gasteiger partial charge in [0, 0.05) is 11.8 Å². The molecule has 1 atom stereocenters. The Morgan fingerprint density at radius 2 is 1.94 bits per heavy atom. The van der Waals surface area contributed by atoms with E-state index in [2.05, 4.69) is 19.2 Å². The van der Waals surface area contributed by atoms with E-state index in [0.717, 1.165) is 5.75 Å². The van der Waals surface area contributed by atoms with Gasteiger partial charge in [-0.05, 0) is 32.9 Å². The molecule has 0 rings (SSSR count). The van der Waals surface area contributed by atoms with Crippen LogP contribution in [0.4, 0.5) is 0 Å². The van der Waals surface area contributed by atoms with Crippen LogP contribution in [0.1, 0.15) is 41.5 Å². The summed E-state index contributed by atoms with van der Waals surface area (Å²) in [5.41, 5.74) is -0.584. The molecule has 0 saturated carbocycles. The van der Waals surface area contributed by atoms with Gasteiger partial charge < -0.3 is 4.74 Å². The van der Waals surface area contributed by atoms with Crippen molar-refractivity contribution in [1.29, 1.82) is 0 Å². The zero-order valence-electron chi connectivity index (χ0n) is 11.3. The van der Waals surface area contributed by atoms with Gasteiger partial charge in [-0.3, -0.25) is 10.1 Å². The summed E-state index contributed by atoms with van der Waals surface area (Å²) in [6.07, 6.45) is 0. The molecule has 16 heavy (non-hydrogen) atoms. The lowest BCUT2D eigenvalue weighted by atomic mass is 10.0. The van der Waals surface area contributed by atoms with Crippen LogP contribution in [-0.4, -0.2) is 35.2 Å². The summed E-state index contributed by atoms with van der Waals surface area (Å²) in [6, 6.07) is 0.266. The number of ether oxygens (including phenoxy) is 1. The van der Waals surface area contributed by atoms with Crippen molar-refractivity contribution in [2.24, 2.45) is 0 Å². The highest BCUT2D eigenvalue weighted by Crippen LogP contribution is 2.19. The fourth-order valence-corrected chi connectivity index (χ4v) is 2.29. The van der Waals surface area contributed by atoms with Crippen LogP contribution >= 0.6 is 11.8 Å². The van der Waals surface area contributed by atoms with Crippen molar-refractivity contribution < 1.29 is 9.53 Å². The first-order valence-corrected chi connectivity index (χ1v) is 6.93. The minimum absolute atomic E-state index is 0.156. The largest absolute Gasteiger partial charge is 0.465 e. The molecule has 0 aromatic carbocycles. The van der Waals surface area contributed by atoms with E-state index in [4.69, 9.17) is 4.74 Å². The number of hydrogen-bond donors (Lipinski definition) is 1. The van der Waals surface area contributed by atoms with Gasteiger partial charge in [-0.2, -0.15) is 11.8 Å². The average molecular weight is 247 g/mol. The molecule has 0 heterocycles. The molecule has 0 saturated heterocycles. The van der Waals surface area contributed by atoms with Crippen molar-refractivity contribution in [2.75, 3.05) is 12.4 Å². The molecule has 0 amide bonds. The molecule has 0 aliphatic rings. The summed E-state index contributed by atoms with van der Waals surface area (Å²) in [6.45, 7) is 12.5. The zero-order valence-corrected chi connectivity index (χ0v) is 12.1. The molecule has 0 fully saturated rings. The molecule has 0 radical (unpaired) electrons. The molecule has 1 N–H and O–H groups in total. The summed E-state index contributed by atoms with van der Waals surface area (Å²) < 4.78 is 5.13. The van der Waals surface area contributed by atoms with E-state index in [1.165, 1.54) is 0 Å². The quantitative estimate of drug-likeness (QED) is 0.701. The van der Waals surface area contributed by atoms with Crippen LogP contribution < -0.4 is 5.32 Å². The van der Waals surface area contributed by atoms with Crippen molar-refractivity contribution in [3.8, 4) is 0 Å². The predicted octanol–water partition coefficient (Wildman–Crippen LogP) is 2.45. The monoisotopic (exact) mass is 247 g/mol. The highest BCUT2D eigenvalue weighted by molar-refractivity contribution is 7.99. The van der Waals surface area contributed by atoms with E-state index >= 15 is 0 Å². The molecule has 0 bridgehead atoms. The molecule has 0 aliphatic heterocycles. The van der Waals surface area contributed by atoms with Crippen molar-refractivity contribution in [3.63, 3.8) is 0 Å². The number of rotatable bonds is 7. The number of nitrogens with one attached hydrogen (secondary N) is 1. The number of hydrogen-bond acceptors (Lipinski definition) is 4. The molecule has 0 aromatic rings. The predicted molar refractivity (Wildman–Crippen MR) is 70.9 cm³/mol. The molecule has 3 nitrogen and oxygen atoms in total. The second kappa shape index (κ2) is 7.17. The van der Waals surface area contributed by atoms with E-state index < -0.39 is 5.54 Å². The third kappa shape index (κ3) is 5.75. The third-order valence-corrected chi connectivity index (χ3v) is 3.45. The maximum atomic E-state index is 11.9. The van der Waals surface area contributed by atoms with E-state index in [9.17, 15) is 4.79 Å². The van der Waals surface area contributed by atoms with Gasteiger partial charge in [0.25, 0.3) is 0 Å². The Morgan fingerprint density at radius 1 is 1.38 bits per heavy atom. The smallest absolute Gasteiger partial charge is 0.326 e. The van der Waals surface area contributed by atoms with Gasteiger partial charge in [0.15, 0.2) is 0 Å². The molecule has 4 heteroatoms. The highest BCUT2D eigenvalue weighted by Gasteiger charge is 2.35. The van der Waals surface area contributed by atoms with Crippen LogP contribution in [0.3, 0.4) is 0 Å². The summed E-state index contributed by atoms with van der Waals surface area (Å²) in [4.78, 5) is 11.9. The molecular formula is C12H25NO2S. The fourth-order valence-electron chi connectivity index (χ4n) is 1.42. The van der Waals surface area contributed by atoms with Crippen LogP contribution in [0.2, 0.25) is 0 Å². The number of thioether (sulfide) groups is 1. The normalized spacial score (nSPS) is 15.2. The van der Waals surface area contributed by atoms with Crippen LogP contribution in [0.15, 0.2) is 0 Å². The molecule has 96 valence electrons. The number of carbonyl (C=O) groups is 1. The summed E-state index contributed by atoms with van der Waals surface area (Å²) in [5, 5.41) is 3.82. The first-order chi connectivity index (χ1) is 7.31. The summed E-state index contributed by atoms with van der Waals surface area (Å²) in [5.74, 6) is 0.582. The van der Waals surface area contributed by atoms with Gasteiger partial charge in [-0.25, -0.2) is 0 Å². The van der Waals surface area contributed by atoms with E-state index in [-0.39, 0.29) is 12.0 Å². The Balaban J connectivity index is 4.53. The second-order valence-corrected chi connectivity index (χ2v) is 6.28. The highest BCUT2D eigenvalue weighted by atomic mass is 32.2. The number of esters is 1. The van der Waals surface area contributed by atoms with Crippen LogP contribution in [0.25, 0.3) is 0 Å². The number of carbonyl (C=O) groups excluding carboxylic acids is 1. The van der Waals surface area contributed by atoms with Crippen LogP contribution in [0, 0.1) is 0 Å². The lowest BCUT2D eigenvalue weighted by Gasteiger charge is -2.30. The Bertz CT molecular complexity index is 219. The standard InChI is InChI=1S/C12H25NO2S/c1-7-15-11(14)12(6,13-9(2)3)8-16-10(4)5/h9-10,13H,7-8H2,1-6H3. The first-order valence-electron chi connectivity index (χ1n) is 5.88.